The number of anilines is 1. The van der Waals surface area contributed by atoms with Gasteiger partial charge in [-0.25, -0.2) is 0 Å². The number of hydrogen-bond donors (Lipinski definition) is 1. The molecule has 0 heterocycles. The van der Waals surface area contributed by atoms with Crippen LogP contribution in [0.15, 0.2) is 48.5 Å². The van der Waals surface area contributed by atoms with Gasteiger partial charge in [0.25, 0.3) is 0 Å². The van der Waals surface area contributed by atoms with Gasteiger partial charge in [-0.1, -0.05) is 51.8 Å². The normalized spacial score (nSPS) is 10.7. The Morgan fingerprint density at radius 1 is 0.920 bits per heavy atom. The highest BCUT2D eigenvalue weighted by molar-refractivity contribution is 5.47. The molecule has 0 saturated carbocycles. The average molecular weight is 341 g/mol. The summed E-state index contributed by atoms with van der Waals surface area (Å²) in [6, 6.07) is 16.4. The highest BCUT2D eigenvalue weighted by atomic mass is 16.5. The molecular weight excluding hydrogens is 310 g/mol. The van der Waals surface area contributed by atoms with Crippen molar-refractivity contribution in [3.05, 3.63) is 54.1 Å². The highest BCUT2D eigenvalue weighted by Crippen LogP contribution is 2.21. The van der Waals surface area contributed by atoms with E-state index in [2.05, 4.69) is 50.4 Å². The standard InChI is InChI=1S/C22H31NO2/c1-4-5-8-15-24-22-10-7-6-9-19(22)16-23-20-11-13-21(14-12-20)25-17-18(2)3/h6-7,9-14,18,23H,4-5,8,15-17H2,1-3H3. The van der Waals surface area contributed by atoms with Crippen LogP contribution in [-0.4, -0.2) is 13.2 Å². The van der Waals surface area contributed by atoms with Crippen molar-refractivity contribution >= 4 is 5.69 Å². The van der Waals surface area contributed by atoms with E-state index in [1.54, 1.807) is 0 Å². The Morgan fingerprint density at radius 2 is 1.68 bits per heavy atom. The number of unbranched alkanes of at least 4 members (excludes halogenated alkanes) is 2. The van der Waals surface area contributed by atoms with E-state index in [1.807, 2.05) is 24.3 Å². The SMILES string of the molecule is CCCCCOc1ccccc1CNc1ccc(OCC(C)C)cc1. The van der Waals surface area contributed by atoms with Crippen LogP contribution in [0.2, 0.25) is 0 Å². The summed E-state index contributed by atoms with van der Waals surface area (Å²) < 4.78 is 11.7. The monoisotopic (exact) mass is 341 g/mol. The molecule has 0 aliphatic carbocycles. The molecule has 0 fully saturated rings. The molecule has 0 aliphatic heterocycles. The van der Waals surface area contributed by atoms with Crippen LogP contribution in [-0.2, 0) is 6.54 Å². The van der Waals surface area contributed by atoms with Gasteiger partial charge in [-0.15, -0.1) is 0 Å². The molecule has 2 aromatic rings. The van der Waals surface area contributed by atoms with E-state index in [0.717, 1.165) is 43.4 Å². The summed E-state index contributed by atoms with van der Waals surface area (Å²) >= 11 is 0. The average Bonchev–Trinajstić information content (AvgIpc) is 2.63. The van der Waals surface area contributed by atoms with Gasteiger partial charge in [-0.3, -0.25) is 0 Å². The molecule has 2 rings (SSSR count). The lowest BCUT2D eigenvalue weighted by Crippen LogP contribution is -2.05. The molecule has 136 valence electrons. The zero-order valence-corrected chi connectivity index (χ0v) is 15.8. The molecule has 3 nitrogen and oxygen atoms in total. The molecule has 2 aromatic carbocycles. The predicted molar refractivity (Wildman–Crippen MR) is 106 cm³/mol. The quantitative estimate of drug-likeness (QED) is 0.516. The summed E-state index contributed by atoms with van der Waals surface area (Å²) in [6.07, 6.45) is 3.53. The lowest BCUT2D eigenvalue weighted by molar-refractivity contribution is 0.271. The largest absolute Gasteiger partial charge is 0.493 e. The highest BCUT2D eigenvalue weighted by Gasteiger charge is 2.03. The first-order valence-electron chi connectivity index (χ1n) is 9.36. The Bertz CT molecular complexity index is 608. The minimum Gasteiger partial charge on any atom is -0.493 e. The van der Waals surface area contributed by atoms with E-state index in [0.29, 0.717) is 5.92 Å². The molecule has 0 atom stereocenters. The third kappa shape index (κ3) is 7.08. The third-order valence-corrected chi connectivity index (χ3v) is 3.90. The number of ether oxygens (including phenoxy) is 2. The second-order valence-corrected chi connectivity index (χ2v) is 6.75. The summed E-state index contributed by atoms with van der Waals surface area (Å²) in [5.41, 5.74) is 2.26. The van der Waals surface area contributed by atoms with E-state index in [1.165, 1.54) is 18.4 Å². The van der Waals surface area contributed by atoms with Gasteiger partial charge in [0.1, 0.15) is 11.5 Å². The molecule has 3 heteroatoms. The Morgan fingerprint density at radius 3 is 2.40 bits per heavy atom. The van der Waals surface area contributed by atoms with E-state index in [-0.39, 0.29) is 0 Å². The van der Waals surface area contributed by atoms with Gasteiger partial charge >= 0.3 is 0 Å². The van der Waals surface area contributed by atoms with Gasteiger partial charge in [0.05, 0.1) is 13.2 Å². The molecule has 0 aliphatic rings. The van der Waals surface area contributed by atoms with Crippen LogP contribution in [0, 0.1) is 5.92 Å². The van der Waals surface area contributed by atoms with Crippen LogP contribution in [0.5, 0.6) is 11.5 Å². The van der Waals surface area contributed by atoms with Crippen LogP contribution < -0.4 is 14.8 Å². The summed E-state index contributed by atoms with van der Waals surface area (Å²) in [5, 5.41) is 3.46. The fourth-order valence-corrected chi connectivity index (χ4v) is 2.45. The Balaban J connectivity index is 1.86. The minimum absolute atomic E-state index is 0.534. The van der Waals surface area contributed by atoms with Gasteiger partial charge in [-0.2, -0.15) is 0 Å². The Labute approximate surface area is 152 Å². The van der Waals surface area contributed by atoms with Gasteiger partial charge < -0.3 is 14.8 Å². The van der Waals surface area contributed by atoms with Gasteiger partial charge in [0.15, 0.2) is 0 Å². The van der Waals surface area contributed by atoms with Crippen molar-refractivity contribution in [3.63, 3.8) is 0 Å². The predicted octanol–water partition coefficient (Wildman–Crippen LogP) is 5.90. The fourth-order valence-electron chi connectivity index (χ4n) is 2.45. The first-order valence-corrected chi connectivity index (χ1v) is 9.36. The van der Waals surface area contributed by atoms with E-state index in [4.69, 9.17) is 9.47 Å². The number of nitrogens with one attached hydrogen (secondary N) is 1. The Kier molecular flexibility index (Phi) is 8.17. The van der Waals surface area contributed by atoms with Crippen LogP contribution in [0.3, 0.4) is 0 Å². The van der Waals surface area contributed by atoms with Crippen molar-refractivity contribution in [2.24, 2.45) is 5.92 Å². The lowest BCUT2D eigenvalue weighted by Gasteiger charge is -2.13. The smallest absolute Gasteiger partial charge is 0.124 e. The third-order valence-electron chi connectivity index (χ3n) is 3.90. The molecule has 0 bridgehead atoms. The second-order valence-electron chi connectivity index (χ2n) is 6.75. The molecule has 0 spiro atoms. The maximum atomic E-state index is 5.94. The number of benzene rings is 2. The maximum Gasteiger partial charge on any atom is 0.124 e. The molecular formula is C22H31NO2. The minimum atomic E-state index is 0.534. The van der Waals surface area contributed by atoms with Gasteiger partial charge in [0.2, 0.25) is 0 Å². The molecule has 0 radical (unpaired) electrons. The van der Waals surface area contributed by atoms with Crippen molar-refractivity contribution in [2.45, 2.75) is 46.6 Å². The van der Waals surface area contributed by atoms with Crippen molar-refractivity contribution in [1.82, 2.24) is 0 Å². The number of para-hydroxylation sites is 1. The molecule has 1 N–H and O–H groups in total. The number of hydrogen-bond acceptors (Lipinski definition) is 3. The Hall–Kier alpha value is -2.16. The van der Waals surface area contributed by atoms with Crippen LogP contribution in [0.1, 0.15) is 45.6 Å². The molecule has 25 heavy (non-hydrogen) atoms. The molecule has 0 saturated heterocycles. The zero-order valence-electron chi connectivity index (χ0n) is 15.8. The second kappa shape index (κ2) is 10.7. The van der Waals surface area contributed by atoms with E-state index < -0.39 is 0 Å². The van der Waals surface area contributed by atoms with Gasteiger partial charge in [-0.05, 0) is 42.7 Å². The lowest BCUT2D eigenvalue weighted by atomic mass is 10.2. The van der Waals surface area contributed by atoms with Crippen molar-refractivity contribution in [2.75, 3.05) is 18.5 Å². The first kappa shape index (κ1) is 19.2. The van der Waals surface area contributed by atoms with Crippen molar-refractivity contribution in [3.8, 4) is 11.5 Å². The molecule has 0 unspecified atom stereocenters. The fraction of sp³-hybridized carbons (Fsp3) is 0.455. The number of rotatable bonds is 11. The van der Waals surface area contributed by atoms with Gasteiger partial charge in [0, 0.05) is 17.8 Å². The first-order chi connectivity index (χ1) is 12.2. The van der Waals surface area contributed by atoms with Crippen molar-refractivity contribution < 1.29 is 9.47 Å². The summed E-state index contributed by atoms with van der Waals surface area (Å²) in [7, 11) is 0. The van der Waals surface area contributed by atoms with Crippen LogP contribution in [0.4, 0.5) is 5.69 Å². The summed E-state index contributed by atoms with van der Waals surface area (Å²) in [5.74, 6) is 2.42. The molecule has 0 aromatic heterocycles. The summed E-state index contributed by atoms with van der Waals surface area (Å²) in [6.45, 7) is 8.78. The van der Waals surface area contributed by atoms with Crippen LogP contribution in [0.25, 0.3) is 0 Å². The summed E-state index contributed by atoms with van der Waals surface area (Å²) in [4.78, 5) is 0. The van der Waals surface area contributed by atoms with E-state index in [9.17, 15) is 0 Å². The zero-order chi connectivity index (χ0) is 17.9. The van der Waals surface area contributed by atoms with E-state index >= 15 is 0 Å². The molecule has 0 amide bonds. The topological polar surface area (TPSA) is 30.5 Å². The van der Waals surface area contributed by atoms with Crippen molar-refractivity contribution in [1.29, 1.82) is 0 Å². The van der Waals surface area contributed by atoms with Crippen LogP contribution >= 0.6 is 0 Å². The maximum absolute atomic E-state index is 5.94.